The van der Waals surface area contributed by atoms with E-state index in [1.165, 1.54) is 3.97 Å². The molecule has 3 aromatic carbocycles. The van der Waals surface area contributed by atoms with Gasteiger partial charge in [-0.1, -0.05) is 78.7 Å². The predicted octanol–water partition coefficient (Wildman–Crippen LogP) is 6.18. The molecule has 0 N–H and O–H groups in total. The van der Waals surface area contributed by atoms with Crippen LogP contribution in [0.1, 0.15) is 51.6 Å². The van der Waals surface area contributed by atoms with Crippen LogP contribution < -0.4 is 0 Å². The summed E-state index contributed by atoms with van der Waals surface area (Å²) in [7, 11) is -3.88. The third-order valence-electron chi connectivity index (χ3n) is 8.18. The number of para-hydroxylation sites is 1. The van der Waals surface area contributed by atoms with Gasteiger partial charge >= 0.3 is 0 Å². The van der Waals surface area contributed by atoms with E-state index in [2.05, 4.69) is 6.08 Å². The number of allylic oxidation sites excluding steroid dienone is 2. The van der Waals surface area contributed by atoms with Crippen molar-refractivity contribution in [2.24, 2.45) is 17.8 Å². The molecule has 2 unspecified atom stereocenters. The first-order valence-corrected chi connectivity index (χ1v) is 13.9. The van der Waals surface area contributed by atoms with Crippen molar-refractivity contribution in [2.45, 2.75) is 31.6 Å². The van der Waals surface area contributed by atoms with Gasteiger partial charge in [0.25, 0.3) is 10.0 Å². The average molecular weight is 510 g/mol. The number of fused-ring (bicyclic) bond motifs is 3. The number of benzene rings is 3. The number of hydrogen-bond acceptors (Lipinski definition) is 4. The van der Waals surface area contributed by atoms with E-state index < -0.39 is 27.8 Å². The molecule has 6 rings (SSSR count). The number of carbonyl (C=O) groups is 2. The quantitative estimate of drug-likeness (QED) is 0.309. The summed E-state index contributed by atoms with van der Waals surface area (Å²) >= 11 is 0. The summed E-state index contributed by atoms with van der Waals surface area (Å²) in [6.07, 6.45) is 3.72. The maximum Gasteiger partial charge on any atom is 0.268 e. The highest BCUT2D eigenvalue weighted by Gasteiger charge is 2.50. The van der Waals surface area contributed by atoms with Crippen molar-refractivity contribution in [3.8, 4) is 0 Å². The highest BCUT2D eigenvalue weighted by atomic mass is 32.2. The minimum Gasteiger partial charge on any atom is -0.294 e. The Labute approximate surface area is 216 Å². The van der Waals surface area contributed by atoms with Gasteiger partial charge in [0, 0.05) is 40.5 Å². The average Bonchev–Trinajstić information content (AvgIpc) is 3.29. The van der Waals surface area contributed by atoms with Crippen molar-refractivity contribution in [3.05, 3.63) is 113 Å². The van der Waals surface area contributed by atoms with Crippen molar-refractivity contribution >= 4 is 32.5 Å². The van der Waals surface area contributed by atoms with Crippen molar-refractivity contribution in [1.29, 1.82) is 0 Å². The molecule has 1 aromatic heterocycles. The molecule has 5 nitrogen and oxygen atoms in total. The van der Waals surface area contributed by atoms with E-state index in [1.54, 1.807) is 60.8 Å². The van der Waals surface area contributed by atoms with E-state index >= 15 is 0 Å². The predicted molar refractivity (Wildman–Crippen MR) is 143 cm³/mol. The third-order valence-corrected chi connectivity index (χ3v) is 9.87. The lowest BCUT2D eigenvalue weighted by molar-refractivity contribution is 0.0659. The molecule has 6 heteroatoms. The lowest BCUT2D eigenvalue weighted by Gasteiger charge is -2.42. The van der Waals surface area contributed by atoms with E-state index in [0.29, 0.717) is 16.6 Å². The molecule has 0 fully saturated rings. The molecule has 2 aliphatic carbocycles. The Morgan fingerprint density at radius 2 is 1.35 bits per heavy atom. The van der Waals surface area contributed by atoms with Crippen molar-refractivity contribution in [3.63, 3.8) is 0 Å². The molecule has 37 heavy (non-hydrogen) atoms. The molecule has 4 aromatic rings. The van der Waals surface area contributed by atoms with Gasteiger partial charge in [0.05, 0.1) is 10.4 Å². The van der Waals surface area contributed by atoms with E-state index in [4.69, 9.17) is 0 Å². The number of carbonyl (C=O) groups excluding carboxylic acids is 2. The van der Waals surface area contributed by atoms with Gasteiger partial charge in [-0.25, -0.2) is 12.4 Å². The molecular formula is C31H27NO4S. The van der Waals surface area contributed by atoms with Gasteiger partial charge in [-0.05, 0) is 43.5 Å². The Hall–Kier alpha value is -3.77. The second kappa shape index (κ2) is 8.38. The van der Waals surface area contributed by atoms with Crippen LogP contribution >= 0.6 is 0 Å². The van der Waals surface area contributed by atoms with Gasteiger partial charge in [0.15, 0.2) is 11.6 Å². The van der Waals surface area contributed by atoms with E-state index in [9.17, 15) is 18.0 Å². The summed E-state index contributed by atoms with van der Waals surface area (Å²) in [5, 5.41) is 0.764. The summed E-state index contributed by atoms with van der Waals surface area (Å²) in [6, 6.07) is 21.2. The Morgan fingerprint density at radius 3 is 2.03 bits per heavy atom. The van der Waals surface area contributed by atoms with Crippen LogP contribution in [0.5, 0.6) is 0 Å². The van der Waals surface area contributed by atoms with Crippen molar-refractivity contribution in [2.75, 3.05) is 0 Å². The van der Waals surface area contributed by atoms with Crippen LogP contribution in [0.3, 0.4) is 0 Å². The molecule has 0 radical (unpaired) electrons. The minimum atomic E-state index is -3.88. The molecule has 1 heterocycles. The highest BCUT2D eigenvalue weighted by Crippen LogP contribution is 2.50. The Kier molecular flexibility index (Phi) is 5.35. The summed E-state index contributed by atoms with van der Waals surface area (Å²) in [5.41, 5.74) is 4.24. The molecule has 0 saturated heterocycles. The summed E-state index contributed by atoms with van der Waals surface area (Å²) in [6.45, 7) is 5.91. The second-order valence-corrected chi connectivity index (χ2v) is 12.1. The molecule has 186 valence electrons. The summed E-state index contributed by atoms with van der Waals surface area (Å²) in [4.78, 5) is 27.8. The first kappa shape index (κ1) is 23.6. The first-order valence-electron chi connectivity index (χ1n) is 12.5. The Balaban J connectivity index is 1.57. The number of hydrogen-bond donors (Lipinski definition) is 0. The fourth-order valence-electron chi connectivity index (χ4n) is 6.09. The monoisotopic (exact) mass is 509 g/mol. The molecular weight excluding hydrogens is 482 g/mol. The van der Waals surface area contributed by atoms with E-state index in [-0.39, 0.29) is 22.4 Å². The van der Waals surface area contributed by atoms with E-state index in [1.807, 2.05) is 39.0 Å². The van der Waals surface area contributed by atoms with Crippen LogP contribution in [0, 0.1) is 24.7 Å². The van der Waals surface area contributed by atoms with Crippen LogP contribution in [0.4, 0.5) is 0 Å². The minimum absolute atomic E-state index is 0.0128. The van der Waals surface area contributed by atoms with Crippen LogP contribution in [-0.2, 0) is 10.0 Å². The zero-order valence-corrected chi connectivity index (χ0v) is 21.7. The van der Waals surface area contributed by atoms with Crippen molar-refractivity contribution in [1.82, 2.24) is 3.97 Å². The lowest BCUT2D eigenvalue weighted by atomic mass is 9.59. The zero-order valence-electron chi connectivity index (χ0n) is 20.9. The van der Waals surface area contributed by atoms with Gasteiger partial charge in [-0.15, -0.1) is 0 Å². The number of Topliss-reactive ketones (excluding diaryl/α,β-unsaturated/α-hetero) is 2. The topological polar surface area (TPSA) is 73.2 Å². The Morgan fingerprint density at radius 1 is 0.757 bits per heavy atom. The standard InChI is InChI=1S/C31H27NO4S/c1-18-12-14-21(15-13-18)37(35,36)32-17-26(22-8-6-7-11-27(22)32)25-16-19(2)20(3)28-29(25)31(34)24-10-5-4-9-23(24)30(28)33/h4-17,20,25,28-29H,1-3H3/t20?,25?,28-,29+/m0/s1. The van der Waals surface area contributed by atoms with Crippen LogP contribution in [0.2, 0.25) is 0 Å². The molecule has 0 saturated carbocycles. The van der Waals surface area contributed by atoms with Crippen LogP contribution in [0.25, 0.3) is 10.9 Å². The highest BCUT2D eigenvalue weighted by molar-refractivity contribution is 7.90. The van der Waals surface area contributed by atoms with Gasteiger partial charge in [-0.3, -0.25) is 9.59 Å². The fraction of sp³-hybridized carbons (Fsp3) is 0.226. The van der Waals surface area contributed by atoms with Gasteiger partial charge < -0.3 is 0 Å². The number of aromatic nitrogens is 1. The van der Waals surface area contributed by atoms with Gasteiger partial charge in [0.2, 0.25) is 0 Å². The molecule has 2 aliphatic rings. The molecule has 4 atom stereocenters. The molecule has 0 amide bonds. The summed E-state index contributed by atoms with van der Waals surface area (Å²) in [5.74, 6) is -1.67. The van der Waals surface area contributed by atoms with E-state index in [0.717, 1.165) is 22.1 Å². The first-order chi connectivity index (χ1) is 17.7. The van der Waals surface area contributed by atoms with Gasteiger partial charge in [-0.2, -0.15) is 0 Å². The Bertz CT molecular complexity index is 1730. The fourth-order valence-corrected chi connectivity index (χ4v) is 7.47. The number of rotatable bonds is 3. The molecule has 0 bridgehead atoms. The second-order valence-electron chi connectivity index (χ2n) is 10.3. The lowest BCUT2D eigenvalue weighted by Crippen LogP contribution is -2.45. The van der Waals surface area contributed by atoms with Gasteiger partial charge in [0.1, 0.15) is 0 Å². The maximum atomic E-state index is 13.9. The largest absolute Gasteiger partial charge is 0.294 e. The van der Waals surface area contributed by atoms with Crippen LogP contribution in [-0.4, -0.2) is 24.0 Å². The number of ketones is 2. The number of nitrogens with zero attached hydrogens (tertiary/aromatic N) is 1. The summed E-state index contributed by atoms with van der Waals surface area (Å²) < 4.78 is 28.8. The normalized spacial score (nSPS) is 23.5. The smallest absolute Gasteiger partial charge is 0.268 e. The maximum absolute atomic E-state index is 13.9. The third kappa shape index (κ3) is 3.46. The molecule has 0 spiro atoms. The van der Waals surface area contributed by atoms with Crippen LogP contribution in [0.15, 0.2) is 95.5 Å². The molecule has 0 aliphatic heterocycles. The SMILES string of the molecule is CC1=CC(c2cn(S(=O)(=O)c3ccc(C)cc3)c3ccccc23)[C@H]2C(=O)c3ccccc3C(=O)[C@H]2C1C. The number of aryl methyl sites for hydroxylation is 1. The zero-order chi connectivity index (χ0) is 26.1. The van der Waals surface area contributed by atoms with Crippen molar-refractivity contribution < 1.29 is 18.0 Å².